The van der Waals surface area contributed by atoms with E-state index < -0.39 is 54.2 Å². The zero-order valence-corrected chi connectivity index (χ0v) is 8.95. The molecule has 0 heterocycles. The van der Waals surface area contributed by atoms with Gasteiger partial charge in [-0.25, -0.2) is 13.2 Å². The lowest BCUT2D eigenvalue weighted by Gasteiger charge is -2.06. The molecule has 18 heavy (non-hydrogen) atoms. The summed E-state index contributed by atoms with van der Waals surface area (Å²) in [6.07, 6.45) is -6.71. The van der Waals surface area contributed by atoms with Crippen LogP contribution in [0.3, 0.4) is 0 Å². The molecule has 1 nitrogen and oxygen atoms in total. The summed E-state index contributed by atoms with van der Waals surface area (Å²) in [5.41, 5.74) is -0.740. The van der Waals surface area contributed by atoms with Gasteiger partial charge >= 0.3 is 6.18 Å². The maximum absolute atomic E-state index is 13.1. The molecule has 0 aliphatic heterocycles. The zero-order valence-electron chi connectivity index (χ0n) is 8.95. The highest BCUT2D eigenvalue weighted by atomic mass is 19.4. The summed E-state index contributed by atoms with van der Waals surface area (Å²) in [5, 5.41) is 0. The van der Waals surface area contributed by atoms with Gasteiger partial charge in [0.1, 0.15) is 0 Å². The van der Waals surface area contributed by atoms with E-state index in [1.54, 1.807) is 0 Å². The quantitative estimate of drug-likeness (QED) is 0.459. The average Bonchev–Trinajstić information content (AvgIpc) is 2.24. The second kappa shape index (κ2) is 5.41. The third kappa shape index (κ3) is 3.75. The summed E-state index contributed by atoms with van der Waals surface area (Å²) in [4.78, 5) is 11.3. The summed E-state index contributed by atoms with van der Waals surface area (Å²) in [6, 6.07) is 1.26. The number of hydrogen-bond donors (Lipinski definition) is 0. The van der Waals surface area contributed by atoms with Gasteiger partial charge in [0.25, 0.3) is 0 Å². The van der Waals surface area contributed by atoms with Crippen molar-refractivity contribution in [3.05, 3.63) is 35.1 Å². The molecule has 0 aliphatic carbocycles. The van der Waals surface area contributed by atoms with Crippen LogP contribution in [0, 0.1) is 17.5 Å². The fourth-order valence-electron chi connectivity index (χ4n) is 1.33. The van der Waals surface area contributed by atoms with Crippen LogP contribution >= 0.6 is 0 Å². The van der Waals surface area contributed by atoms with E-state index in [4.69, 9.17) is 0 Å². The molecule has 0 saturated carbocycles. The number of hydrogen-bond acceptors (Lipinski definition) is 1. The lowest BCUT2D eigenvalue weighted by Crippen LogP contribution is -2.10. The minimum absolute atomic E-state index is 0.527. The number of carbonyl (C=O) groups excluding carboxylic acids is 1. The number of rotatable bonds is 4. The molecule has 1 aromatic carbocycles. The molecule has 0 aromatic heterocycles. The van der Waals surface area contributed by atoms with Crippen LogP contribution in [0.2, 0.25) is 0 Å². The van der Waals surface area contributed by atoms with Gasteiger partial charge in [0.2, 0.25) is 0 Å². The van der Waals surface area contributed by atoms with Crippen LogP contribution in [0.25, 0.3) is 0 Å². The van der Waals surface area contributed by atoms with Gasteiger partial charge < -0.3 is 0 Å². The van der Waals surface area contributed by atoms with E-state index in [1.165, 1.54) is 0 Å². The van der Waals surface area contributed by atoms with Crippen LogP contribution < -0.4 is 0 Å². The van der Waals surface area contributed by atoms with Crippen LogP contribution in [0.15, 0.2) is 12.1 Å². The Morgan fingerprint density at radius 1 is 1.06 bits per heavy atom. The second-order valence-electron chi connectivity index (χ2n) is 3.61. The van der Waals surface area contributed by atoms with Crippen LogP contribution in [0.5, 0.6) is 0 Å². The summed E-state index contributed by atoms with van der Waals surface area (Å²) in [6.45, 7) is 0. The van der Waals surface area contributed by atoms with E-state index in [9.17, 15) is 31.1 Å². The number of ketones is 1. The molecule has 0 radical (unpaired) electrons. The van der Waals surface area contributed by atoms with E-state index in [1.807, 2.05) is 0 Å². The van der Waals surface area contributed by atoms with Crippen molar-refractivity contribution >= 4 is 5.78 Å². The van der Waals surface area contributed by atoms with Gasteiger partial charge in [-0.05, 0) is 18.6 Å². The third-order valence-electron chi connectivity index (χ3n) is 2.20. The van der Waals surface area contributed by atoms with Crippen molar-refractivity contribution < 1.29 is 31.1 Å². The molecule has 1 aromatic rings. The van der Waals surface area contributed by atoms with Gasteiger partial charge in [0.15, 0.2) is 23.2 Å². The normalized spacial score (nSPS) is 11.7. The fourth-order valence-corrected chi connectivity index (χ4v) is 1.33. The molecular weight excluding hydrogens is 262 g/mol. The first kappa shape index (κ1) is 14.5. The topological polar surface area (TPSA) is 17.1 Å². The number of alkyl halides is 3. The number of Topliss-reactive ketones (excluding diaryl/α,β-unsaturated/α-hetero) is 1. The van der Waals surface area contributed by atoms with Crippen molar-refractivity contribution in [3.63, 3.8) is 0 Å². The minimum atomic E-state index is -4.41. The summed E-state index contributed by atoms with van der Waals surface area (Å²) in [5.74, 6) is -5.93. The maximum atomic E-state index is 13.1. The van der Waals surface area contributed by atoms with Crippen LogP contribution in [0.1, 0.15) is 29.6 Å². The Morgan fingerprint density at radius 3 is 2.22 bits per heavy atom. The third-order valence-corrected chi connectivity index (χ3v) is 2.20. The van der Waals surface area contributed by atoms with Crippen LogP contribution in [0.4, 0.5) is 26.3 Å². The van der Waals surface area contributed by atoms with Crippen LogP contribution in [-0.4, -0.2) is 12.0 Å². The molecule has 0 amide bonds. The molecule has 0 aliphatic rings. The standard InChI is InChI=1S/C11H8F6O/c12-7-4-3-6(9(13)10(7)14)8(18)2-1-5-11(15,16)17/h3-4H,1-2,5H2. The molecule has 0 bridgehead atoms. The van der Waals surface area contributed by atoms with Crippen molar-refractivity contribution in [1.29, 1.82) is 0 Å². The molecule has 0 saturated heterocycles. The van der Waals surface area contributed by atoms with Crippen molar-refractivity contribution in [2.45, 2.75) is 25.4 Å². The van der Waals surface area contributed by atoms with Crippen LogP contribution in [-0.2, 0) is 0 Å². The molecule has 7 heteroatoms. The van der Waals surface area contributed by atoms with E-state index in [0.29, 0.717) is 12.1 Å². The molecular formula is C11H8F6O. The summed E-state index contributed by atoms with van der Waals surface area (Å²) in [7, 11) is 0. The molecule has 0 fully saturated rings. The van der Waals surface area contributed by atoms with Crippen molar-refractivity contribution in [2.75, 3.05) is 0 Å². The second-order valence-corrected chi connectivity index (χ2v) is 3.61. The maximum Gasteiger partial charge on any atom is 0.389 e. The molecule has 100 valence electrons. The van der Waals surface area contributed by atoms with E-state index in [0.717, 1.165) is 0 Å². The molecule has 0 atom stereocenters. The van der Waals surface area contributed by atoms with E-state index >= 15 is 0 Å². The van der Waals surface area contributed by atoms with Gasteiger partial charge in [-0.3, -0.25) is 4.79 Å². The van der Waals surface area contributed by atoms with E-state index in [2.05, 4.69) is 0 Å². The highest BCUT2D eigenvalue weighted by Crippen LogP contribution is 2.23. The number of halogens is 6. The lowest BCUT2D eigenvalue weighted by molar-refractivity contribution is -0.135. The first-order valence-electron chi connectivity index (χ1n) is 4.96. The Bertz CT molecular complexity index is 452. The Morgan fingerprint density at radius 2 is 1.67 bits per heavy atom. The number of benzene rings is 1. The Labute approximate surface area is 98.4 Å². The predicted octanol–water partition coefficient (Wildman–Crippen LogP) is 4.02. The Balaban J connectivity index is 2.71. The van der Waals surface area contributed by atoms with Crippen molar-refractivity contribution in [2.24, 2.45) is 0 Å². The molecule has 1 rings (SSSR count). The first-order chi connectivity index (χ1) is 8.22. The highest BCUT2D eigenvalue weighted by molar-refractivity contribution is 5.96. The Kier molecular flexibility index (Phi) is 4.37. The van der Waals surface area contributed by atoms with Gasteiger partial charge in [-0.1, -0.05) is 0 Å². The highest BCUT2D eigenvalue weighted by Gasteiger charge is 2.27. The largest absolute Gasteiger partial charge is 0.389 e. The SMILES string of the molecule is O=C(CCCC(F)(F)F)c1ccc(F)c(F)c1F. The fraction of sp³-hybridized carbons (Fsp3) is 0.364. The van der Waals surface area contributed by atoms with E-state index in [-0.39, 0.29) is 0 Å². The summed E-state index contributed by atoms with van der Waals surface area (Å²) < 4.78 is 73.9. The summed E-state index contributed by atoms with van der Waals surface area (Å²) >= 11 is 0. The Hall–Kier alpha value is -1.53. The lowest BCUT2D eigenvalue weighted by atomic mass is 10.0. The zero-order chi connectivity index (χ0) is 13.9. The van der Waals surface area contributed by atoms with Gasteiger partial charge in [0.05, 0.1) is 5.56 Å². The average molecular weight is 270 g/mol. The number of carbonyl (C=O) groups is 1. The first-order valence-corrected chi connectivity index (χ1v) is 4.96. The van der Waals surface area contributed by atoms with Crippen molar-refractivity contribution in [3.8, 4) is 0 Å². The van der Waals surface area contributed by atoms with Crippen molar-refractivity contribution in [1.82, 2.24) is 0 Å². The molecule has 0 unspecified atom stereocenters. The molecule has 0 N–H and O–H groups in total. The predicted molar refractivity (Wildman–Crippen MR) is 50.6 cm³/mol. The van der Waals surface area contributed by atoms with Gasteiger partial charge in [0, 0.05) is 12.8 Å². The smallest absolute Gasteiger partial charge is 0.294 e. The minimum Gasteiger partial charge on any atom is -0.294 e. The monoisotopic (exact) mass is 270 g/mol. The molecule has 0 spiro atoms. The van der Waals surface area contributed by atoms with Gasteiger partial charge in [-0.2, -0.15) is 13.2 Å². The van der Waals surface area contributed by atoms with Gasteiger partial charge in [-0.15, -0.1) is 0 Å².